The zero-order chi connectivity index (χ0) is 21.3. The lowest BCUT2D eigenvalue weighted by atomic mass is 9.94. The van der Waals surface area contributed by atoms with E-state index in [0.29, 0.717) is 15.6 Å². The highest BCUT2D eigenvalue weighted by atomic mass is 35.5. The standard InChI is InChI=1S/C21H20Cl2F2N2O2/c1-29-20(28)21(19(24)25,27-14-16-5-9-18(23)10-6-16)11-2-12-26-13-15-3-7-17(22)8-4-15/h3-10,13-14,19H,2,11-12H2,1H3. The minimum Gasteiger partial charge on any atom is -0.467 e. The monoisotopic (exact) mass is 440 g/mol. The molecule has 0 N–H and O–H groups in total. The number of halogens is 4. The summed E-state index contributed by atoms with van der Waals surface area (Å²) in [7, 11) is 1.07. The molecule has 0 radical (unpaired) electrons. The second-order valence-electron chi connectivity index (χ2n) is 6.22. The Bertz CT molecular complexity index is 856. The molecule has 0 fully saturated rings. The highest BCUT2D eigenvalue weighted by molar-refractivity contribution is 6.30. The molecule has 0 aliphatic rings. The molecule has 1 atom stereocenters. The summed E-state index contributed by atoms with van der Waals surface area (Å²) < 4.78 is 32.4. The van der Waals surface area contributed by atoms with Crippen LogP contribution in [-0.2, 0) is 9.53 Å². The number of nitrogens with zero attached hydrogens (tertiary/aromatic N) is 2. The number of methoxy groups -OCH3 is 1. The van der Waals surface area contributed by atoms with Gasteiger partial charge in [0.1, 0.15) is 0 Å². The first kappa shape index (κ1) is 23.0. The van der Waals surface area contributed by atoms with Gasteiger partial charge in [-0.25, -0.2) is 13.6 Å². The van der Waals surface area contributed by atoms with Crippen molar-refractivity contribution in [1.82, 2.24) is 0 Å². The van der Waals surface area contributed by atoms with Crippen LogP contribution < -0.4 is 0 Å². The fourth-order valence-corrected chi connectivity index (χ4v) is 2.80. The second-order valence-corrected chi connectivity index (χ2v) is 7.09. The van der Waals surface area contributed by atoms with Crippen molar-refractivity contribution in [2.24, 2.45) is 9.98 Å². The molecule has 29 heavy (non-hydrogen) atoms. The van der Waals surface area contributed by atoms with Crippen LogP contribution in [0.4, 0.5) is 8.78 Å². The van der Waals surface area contributed by atoms with Gasteiger partial charge in [0.05, 0.1) is 7.11 Å². The molecule has 0 spiro atoms. The van der Waals surface area contributed by atoms with Gasteiger partial charge in [-0.15, -0.1) is 0 Å². The van der Waals surface area contributed by atoms with Crippen LogP contribution in [0.3, 0.4) is 0 Å². The summed E-state index contributed by atoms with van der Waals surface area (Å²) in [5, 5.41) is 1.12. The van der Waals surface area contributed by atoms with Crippen molar-refractivity contribution >= 4 is 41.6 Å². The van der Waals surface area contributed by atoms with Crippen LogP contribution in [0.1, 0.15) is 24.0 Å². The van der Waals surface area contributed by atoms with Gasteiger partial charge in [-0.05, 0) is 48.2 Å². The summed E-state index contributed by atoms with van der Waals surface area (Å²) in [5.41, 5.74) is -0.906. The SMILES string of the molecule is COC(=O)C(CCCN=Cc1ccc(Cl)cc1)(N=Cc1ccc(Cl)cc1)C(F)F. The Hall–Kier alpha value is -2.31. The Morgan fingerprint density at radius 1 is 1.03 bits per heavy atom. The number of carbonyl (C=O) groups excluding carboxylic acids is 1. The normalized spacial score (nSPS) is 13.9. The van der Waals surface area contributed by atoms with E-state index in [1.54, 1.807) is 54.7 Å². The Kier molecular flexibility index (Phi) is 8.73. The van der Waals surface area contributed by atoms with E-state index >= 15 is 0 Å². The van der Waals surface area contributed by atoms with Gasteiger partial charge in [0.25, 0.3) is 6.43 Å². The summed E-state index contributed by atoms with van der Waals surface area (Å²) in [4.78, 5) is 20.3. The molecule has 0 aliphatic heterocycles. The third-order valence-corrected chi connectivity index (χ3v) is 4.67. The average Bonchev–Trinajstić information content (AvgIpc) is 2.72. The number of alkyl halides is 2. The van der Waals surface area contributed by atoms with Crippen LogP contribution in [-0.4, -0.2) is 44.0 Å². The summed E-state index contributed by atoms with van der Waals surface area (Å²) in [6.07, 6.45) is -0.161. The maximum absolute atomic E-state index is 13.9. The fourth-order valence-electron chi connectivity index (χ4n) is 2.55. The fraction of sp³-hybridized carbons (Fsp3) is 0.286. The van der Waals surface area contributed by atoms with Gasteiger partial charge in [0.15, 0.2) is 0 Å². The van der Waals surface area contributed by atoms with Crippen LogP contribution in [0.5, 0.6) is 0 Å². The van der Waals surface area contributed by atoms with E-state index in [1.807, 2.05) is 0 Å². The average molecular weight is 441 g/mol. The zero-order valence-corrected chi connectivity index (χ0v) is 17.2. The minimum atomic E-state index is -3.03. The van der Waals surface area contributed by atoms with Gasteiger partial charge in [0, 0.05) is 29.0 Å². The number of carbonyl (C=O) groups is 1. The molecule has 4 nitrogen and oxygen atoms in total. The molecule has 0 saturated heterocycles. The van der Waals surface area contributed by atoms with Gasteiger partial charge in [-0.3, -0.25) is 9.98 Å². The van der Waals surface area contributed by atoms with Gasteiger partial charge in [0.2, 0.25) is 5.54 Å². The molecule has 2 aromatic rings. The van der Waals surface area contributed by atoms with E-state index in [0.717, 1.165) is 12.7 Å². The summed E-state index contributed by atoms with van der Waals surface area (Å²) in [6.45, 7) is 0.255. The van der Waals surface area contributed by atoms with Gasteiger partial charge in [-0.2, -0.15) is 0 Å². The van der Waals surface area contributed by atoms with Crippen LogP contribution >= 0.6 is 23.2 Å². The number of aliphatic imine (C=N–C) groups is 2. The molecular weight excluding hydrogens is 421 g/mol. The first-order valence-electron chi connectivity index (χ1n) is 8.80. The highest BCUT2D eigenvalue weighted by Gasteiger charge is 2.47. The molecule has 0 saturated carbocycles. The Morgan fingerprint density at radius 2 is 1.55 bits per heavy atom. The predicted molar refractivity (Wildman–Crippen MR) is 113 cm³/mol. The smallest absolute Gasteiger partial charge is 0.339 e. The van der Waals surface area contributed by atoms with Crippen molar-refractivity contribution in [3.63, 3.8) is 0 Å². The third-order valence-electron chi connectivity index (χ3n) is 4.17. The van der Waals surface area contributed by atoms with Crippen LogP contribution in [0.25, 0.3) is 0 Å². The van der Waals surface area contributed by atoms with Gasteiger partial charge >= 0.3 is 5.97 Å². The van der Waals surface area contributed by atoms with Crippen LogP contribution in [0, 0.1) is 0 Å². The summed E-state index contributed by atoms with van der Waals surface area (Å²) >= 11 is 11.6. The third kappa shape index (κ3) is 6.61. The lowest BCUT2D eigenvalue weighted by Crippen LogP contribution is -2.45. The first-order valence-corrected chi connectivity index (χ1v) is 9.56. The van der Waals surface area contributed by atoms with Crippen molar-refractivity contribution in [2.45, 2.75) is 24.8 Å². The maximum Gasteiger partial charge on any atom is 0.339 e. The number of benzene rings is 2. The quantitative estimate of drug-likeness (QED) is 0.294. The largest absolute Gasteiger partial charge is 0.467 e. The minimum absolute atomic E-state index is 0.209. The molecule has 2 rings (SSSR count). The van der Waals surface area contributed by atoms with Crippen molar-refractivity contribution < 1.29 is 18.3 Å². The number of ether oxygens (including phenoxy) is 1. The summed E-state index contributed by atoms with van der Waals surface area (Å²) in [6, 6.07) is 13.5. The second kappa shape index (κ2) is 11.0. The molecule has 8 heteroatoms. The zero-order valence-electron chi connectivity index (χ0n) is 15.7. The van der Waals surface area contributed by atoms with Crippen LogP contribution in [0.15, 0.2) is 58.5 Å². The number of rotatable bonds is 9. The molecular formula is C21H20Cl2F2N2O2. The molecule has 154 valence electrons. The highest BCUT2D eigenvalue weighted by Crippen LogP contribution is 2.28. The molecule has 0 bridgehead atoms. The van der Waals surface area contributed by atoms with Crippen molar-refractivity contribution in [3.05, 3.63) is 69.7 Å². The van der Waals surface area contributed by atoms with E-state index in [9.17, 15) is 13.6 Å². The van der Waals surface area contributed by atoms with E-state index in [4.69, 9.17) is 23.2 Å². The van der Waals surface area contributed by atoms with Crippen LogP contribution in [0.2, 0.25) is 10.0 Å². The maximum atomic E-state index is 13.9. The molecule has 0 heterocycles. The topological polar surface area (TPSA) is 51.0 Å². The number of hydrogen-bond donors (Lipinski definition) is 0. The number of hydrogen-bond acceptors (Lipinski definition) is 4. The van der Waals surface area contributed by atoms with E-state index in [2.05, 4.69) is 14.7 Å². The molecule has 0 aliphatic carbocycles. The van der Waals surface area contributed by atoms with Crippen molar-refractivity contribution in [2.75, 3.05) is 13.7 Å². The summed E-state index contributed by atoms with van der Waals surface area (Å²) in [5.74, 6) is -1.08. The number of esters is 1. The van der Waals surface area contributed by atoms with Crippen molar-refractivity contribution in [3.8, 4) is 0 Å². The molecule has 0 aromatic heterocycles. The lowest BCUT2D eigenvalue weighted by molar-refractivity contribution is -0.153. The molecule has 2 aromatic carbocycles. The van der Waals surface area contributed by atoms with Crippen molar-refractivity contribution in [1.29, 1.82) is 0 Å². The van der Waals surface area contributed by atoms with Gasteiger partial charge in [-0.1, -0.05) is 47.5 Å². The van der Waals surface area contributed by atoms with E-state index in [-0.39, 0.29) is 19.4 Å². The van der Waals surface area contributed by atoms with E-state index < -0.39 is 17.9 Å². The Labute approximate surface area is 178 Å². The lowest BCUT2D eigenvalue weighted by Gasteiger charge is -2.25. The predicted octanol–water partition coefficient (Wildman–Crippen LogP) is 5.49. The molecule has 0 amide bonds. The Morgan fingerprint density at radius 3 is 2.03 bits per heavy atom. The van der Waals surface area contributed by atoms with Gasteiger partial charge < -0.3 is 4.74 Å². The Balaban J connectivity index is 2.09. The van der Waals surface area contributed by atoms with E-state index in [1.165, 1.54) is 6.21 Å². The first-order chi connectivity index (χ1) is 13.9. The molecule has 1 unspecified atom stereocenters.